The van der Waals surface area contributed by atoms with Gasteiger partial charge in [0.25, 0.3) is 17.1 Å². The first-order chi connectivity index (χ1) is 10.8. The zero-order valence-electron chi connectivity index (χ0n) is 11.1. The minimum Gasteiger partial charge on any atom is -0.258 e. The van der Waals surface area contributed by atoms with Gasteiger partial charge in [0.15, 0.2) is 0 Å². The van der Waals surface area contributed by atoms with Crippen molar-refractivity contribution in [3.63, 3.8) is 0 Å². The molecule has 2 aromatic carbocycles. The van der Waals surface area contributed by atoms with Gasteiger partial charge >= 0.3 is 0 Å². The maximum absolute atomic E-state index is 12.4. The second-order valence-electron chi connectivity index (χ2n) is 4.19. The molecule has 0 amide bonds. The van der Waals surface area contributed by atoms with Crippen molar-refractivity contribution in [2.75, 3.05) is 0 Å². The van der Waals surface area contributed by atoms with E-state index in [1.54, 1.807) is 0 Å². The van der Waals surface area contributed by atoms with E-state index in [2.05, 4.69) is 0 Å². The van der Waals surface area contributed by atoms with Crippen molar-refractivity contribution in [2.45, 2.75) is 9.79 Å². The molecule has 0 aliphatic heterocycles. The molecule has 0 saturated carbocycles. The molecule has 0 radical (unpaired) electrons. The van der Waals surface area contributed by atoms with Crippen LogP contribution in [0.25, 0.3) is 0 Å². The van der Waals surface area contributed by atoms with Crippen molar-refractivity contribution in [1.82, 2.24) is 0 Å². The molecular formula is C12H7N3O7S. The Kier molecular flexibility index (Phi) is 4.41. The Balaban J connectivity index is 2.48. The lowest BCUT2D eigenvalue weighted by molar-refractivity contribution is -0.396. The lowest BCUT2D eigenvalue weighted by Crippen LogP contribution is -2.01. The summed E-state index contributed by atoms with van der Waals surface area (Å²) in [5.41, 5.74) is -1.37. The molecule has 0 spiro atoms. The van der Waals surface area contributed by atoms with Crippen LogP contribution in [0.1, 0.15) is 0 Å². The Hall–Kier alpha value is -3.21. The molecule has 0 N–H and O–H groups in total. The molecule has 0 saturated heterocycles. The van der Waals surface area contributed by atoms with E-state index in [0.29, 0.717) is 0 Å². The normalized spacial score (nSPS) is 11.7. The van der Waals surface area contributed by atoms with E-state index in [0.717, 1.165) is 30.3 Å². The molecule has 11 heteroatoms. The van der Waals surface area contributed by atoms with E-state index >= 15 is 0 Å². The van der Waals surface area contributed by atoms with Crippen molar-refractivity contribution in [3.8, 4) is 0 Å². The van der Waals surface area contributed by atoms with Gasteiger partial charge in [0, 0.05) is 23.1 Å². The summed E-state index contributed by atoms with van der Waals surface area (Å²) in [6.45, 7) is 0. The molecule has 2 rings (SSSR count). The highest BCUT2D eigenvalue weighted by molar-refractivity contribution is 7.85. The quantitative estimate of drug-likeness (QED) is 0.601. The number of hydrogen-bond acceptors (Lipinski definition) is 7. The Bertz CT molecular complexity index is 835. The van der Waals surface area contributed by atoms with Crippen LogP contribution < -0.4 is 0 Å². The average molecular weight is 337 g/mol. The van der Waals surface area contributed by atoms with E-state index in [9.17, 15) is 34.6 Å². The second-order valence-corrected chi connectivity index (χ2v) is 5.63. The van der Waals surface area contributed by atoms with Crippen LogP contribution in [-0.4, -0.2) is 19.0 Å². The van der Waals surface area contributed by atoms with Crippen molar-refractivity contribution in [2.24, 2.45) is 0 Å². The van der Waals surface area contributed by atoms with Gasteiger partial charge in [0.05, 0.1) is 31.6 Å². The number of hydrogen-bond donors (Lipinski definition) is 0. The van der Waals surface area contributed by atoms with Crippen molar-refractivity contribution >= 4 is 27.9 Å². The monoisotopic (exact) mass is 337 g/mol. The number of nitro benzene ring substituents is 3. The van der Waals surface area contributed by atoms with Crippen LogP contribution in [0.15, 0.2) is 52.3 Å². The van der Waals surface area contributed by atoms with Gasteiger partial charge in [-0.3, -0.25) is 30.3 Å². The molecule has 1 atom stereocenters. The van der Waals surface area contributed by atoms with Gasteiger partial charge in [0.1, 0.15) is 4.90 Å². The fourth-order valence-electron chi connectivity index (χ4n) is 1.74. The highest BCUT2D eigenvalue weighted by Crippen LogP contribution is 2.30. The largest absolute Gasteiger partial charge is 0.292 e. The number of benzene rings is 2. The third kappa shape index (κ3) is 3.35. The first-order valence-electron chi connectivity index (χ1n) is 5.90. The predicted octanol–water partition coefficient (Wildman–Crippen LogP) is 2.58. The Morgan fingerprint density at radius 1 is 0.739 bits per heavy atom. The maximum atomic E-state index is 12.4. The second kappa shape index (κ2) is 6.27. The summed E-state index contributed by atoms with van der Waals surface area (Å²) in [4.78, 5) is 29.8. The highest BCUT2D eigenvalue weighted by atomic mass is 32.2. The van der Waals surface area contributed by atoms with Crippen LogP contribution in [-0.2, 0) is 10.8 Å². The predicted molar refractivity (Wildman–Crippen MR) is 77.5 cm³/mol. The number of rotatable bonds is 5. The maximum Gasteiger partial charge on any atom is 0.292 e. The van der Waals surface area contributed by atoms with E-state index in [1.165, 1.54) is 12.1 Å². The number of nitro groups is 3. The Morgan fingerprint density at radius 2 is 1.26 bits per heavy atom. The summed E-state index contributed by atoms with van der Waals surface area (Å²) in [6, 6.07) is 7.41. The summed E-state index contributed by atoms with van der Waals surface area (Å²) in [5.74, 6) is 0. The van der Waals surface area contributed by atoms with E-state index in [1.807, 2.05) is 0 Å². The van der Waals surface area contributed by atoms with Crippen LogP contribution in [0.2, 0.25) is 0 Å². The molecule has 0 aromatic heterocycles. The summed E-state index contributed by atoms with van der Waals surface area (Å²) >= 11 is 0. The molecule has 10 nitrogen and oxygen atoms in total. The van der Waals surface area contributed by atoms with Gasteiger partial charge in [-0.1, -0.05) is 0 Å². The van der Waals surface area contributed by atoms with Crippen LogP contribution in [0.5, 0.6) is 0 Å². The van der Waals surface area contributed by atoms with Crippen LogP contribution in [0.3, 0.4) is 0 Å². The summed E-state index contributed by atoms with van der Waals surface area (Å²) in [7, 11) is -2.01. The summed E-state index contributed by atoms with van der Waals surface area (Å²) in [5, 5.41) is 32.3. The summed E-state index contributed by atoms with van der Waals surface area (Å²) in [6.07, 6.45) is 0. The lowest BCUT2D eigenvalue weighted by Gasteiger charge is -2.03. The van der Waals surface area contributed by atoms with E-state index in [4.69, 9.17) is 0 Å². The molecule has 2 aromatic rings. The first-order valence-corrected chi connectivity index (χ1v) is 7.05. The lowest BCUT2D eigenvalue weighted by atomic mass is 10.3. The van der Waals surface area contributed by atoms with E-state index in [-0.39, 0.29) is 15.5 Å². The molecule has 1 unspecified atom stereocenters. The topological polar surface area (TPSA) is 146 Å². The van der Waals surface area contributed by atoms with Gasteiger partial charge in [-0.25, -0.2) is 4.21 Å². The molecule has 0 heterocycles. The van der Waals surface area contributed by atoms with Crippen molar-refractivity contribution in [3.05, 3.63) is 72.8 Å². The molecule has 118 valence electrons. The molecule has 23 heavy (non-hydrogen) atoms. The van der Waals surface area contributed by atoms with Gasteiger partial charge in [-0.15, -0.1) is 0 Å². The fourth-order valence-corrected chi connectivity index (χ4v) is 2.89. The molecule has 0 bridgehead atoms. The smallest absolute Gasteiger partial charge is 0.258 e. The SMILES string of the molecule is O=[N+]([O-])c1ccc(S(=O)c2ccc([N+](=O)[O-])cc2[N+](=O)[O-])cc1. The zero-order valence-corrected chi connectivity index (χ0v) is 12.0. The van der Waals surface area contributed by atoms with Gasteiger partial charge in [-0.05, 0) is 18.2 Å². The zero-order chi connectivity index (χ0) is 17.1. The Morgan fingerprint density at radius 3 is 1.74 bits per heavy atom. The first kappa shape index (κ1) is 16.2. The van der Waals surface area contributed by atoms with Crippen LogP contribution in [0.4, 0.5) is 17.1 Å². The fraction of sp³-hybridized carbons (Fsp3) is 0. The third-order valence-electron chi connectivity index (χ3n) is 2.81. The molecular weight excluding hydrogens is 330 g/mol. The summed E-state index contributed by atoms with van der Waals surface area (Å²) < 4.78 is 12.4. The van der Waals surface area contributed by atoms with Gasteiger partial charge < -0.3 is 0 Å². The van der Waals surface area contributed by atoms with Gasteiger partial charge in [-0.2, -0.15) is 0 Å². The standard InChI is InChI=1S/C12H7N3O7S/c16-13(17)8-1-4-10(5-2-8)23(22)12-6-3-9(14(18)19)7-11(12)15(20)21/h1-7H. The minimum absolute atomic E-state index is 0.104. The molecule has 0 fully saturated rings. The van der Waals surface area contributed by atoms with Crippen LogP contribution >= 0.6 is 0 Å². The van der Waals surface area contributed by atoms with E-state index < -0.39 is 36.9 Å². The van der Waals surface area contributed by atoms with Crippen molar-refractivity contribution in [1.29, 1.82) is 0 Å². The van der Waals surface area contributed by atoms with Crippen LogP contribution in [0, 0.1) is 30.3 Å². The van der Waals surface area contributed by atoms with Gasteiger partial charge in [0.2, 0.25) is 0 Å². The number of non-ortho nitro benzene ring substituents is 2. The molecule has 0 aliphatic rings. The average Bonchev–Trinajstić information content (AvgIpc) is 2.53. The Labute approximate surface area is 130 Å². The minimum atomic E-state index is -2.01. The highest BCUT2D eigenvalue weighted by Gasteiger charge is 2.24. The molecule has 0 aliphatic carbocycles. The number of nitrogens with zero attached hydrogens (tertiary/aromatic N) is 3. The van der Waals surface area contributed by atoms with Crippen molar-refractivity contribution < 1.29 is 19.0 Å². The third-order valence-corrected chi connectivity index (χ3v) is 4.26.